The molecule has 11 rings (SSSR count). The first kappa shape index (κ1) is 29.7. The second-order valence-corrected chi connectivity index (χ2v) is 16.2. The molecule has 0 radical (unpaired) electrons. The van der Waals surface area contributed by atoms with Crippen LogP contribution in [-0.2, 0) is 10.8 Å². The lowest BCUT2D eigenvalue weighted by molar-refractivity contribution is 0.661. The minimum Gasteiger partial charge on any atom is -0.0619 e. The van der Waals surface area contributed by atoms with E-state index in [4.69, 9.17) is 0 Å². The first-order valence-corrected chi connectivity index (χ1v) is 18.6. The summed E-state index contributed by atoms with van der Waals surface area (Å²) in [6, 6.07) is 59.8. The maximum absolute atomic E-state index is 2.48. The number of hydrogen-bond donors (Lipinski definition) is 0. The highest BCUT2D eigenvalue weighted by Crippen LogP contribution is 2.52. The van der Waals surface area contributed by atoms with Crippen LogP contribution < -0.4 is 0 Å². The summed E-state index contributed by atoms with van der Waals surface area (Å²) in [5, 5.41) is 10.4. The zero-order valence-electron chi connectivity index (χ0n) is 30.0. The summed E-state index contributed by atoms with van der Waals surface area (Å²) in [4.78, 5) is 0. The summed E-state index contributed by atoms with van der Waals surface area (Å²) in [6.07, 6.45) is 0. The van der Waals surface area contributed by atoms with Gasteiger partial charge in [0, 0.05) is 10.8 Å². The van der Waals surface area contributed by atoms with Crippen LogP contribution in [0.4, 0.5) is 0 Å². The minimum absolute atomic E-state index is 0.0248. The van der Waals surface area contributed by atoms with Crippen molar-refractivity contribution in [3.05, 3.63) is 180 Å². The van der Waals surface area contributed by atoms with Crippen LogP contribution in [0, 0.1) is 0 Å². The maximum Gasteiger partial charge on any atom is 0.0159 e. The molecule has 0 unspecified atom stereocenters. The molecular weight excluding hydrogens is 625 g/mol. The molecule has 9 aromatic carbocycles. The number of fused-ring (bicyclic) bond motifs is 12. The van der Waals surface area contributed by atoms with E-state index in [-0.39, 0.29) is 10.8 Å². The predicted molar refractivity (Wildman–Crippen MR) is 222 cm³/mol. The largest absolute Gasteiger partial charge is 0.0619 e. The van der Waals surface area contributed by atoms with E-state index in [1.165, 1.54) is 110 Å². The van der Waals surface area contributed by atoms with Crippen LogP contribution in [0.3, 0.4) is 0 Å². The molecule has 9 aromatic rings. The molecule has 0 heteroatoms. The fourth-order valence-corrected chi connectivity index (χ4v) is 9.71. The average Bonchev–Trinajstić information content (AvgIpc) is 3.55. The molecule has 0 bridgehead atoms. The van der Waals surface area contributed by atoms with E-state index in [9.17, 15) is 0 Å². The van der Waals surface area contributed by atoms with Crippen molar-refractivity contribution in [2.75, 3.05) is 0 Å². The van der Waals surface area contributed by atoms with Gasteiger partial charge in [-0.05, 0) is 146 Å². The van der Waals surface area contributed by atoms with Gasteiger partial charge in [0.2, 0.25) is 0 Å². The summed E-state index contributed by atoms with van der Waals surface area (Å²) in [5.41, 5.74) is 16.0. The van der Waals surface area contributed by atoms with Crippen molar-refractivity contribution in [1.29, 1.82) is 0 Å². The van der Waals surface area contributed by atoms with Crippen molar-refractivity contribution in [2.45, 2.75) is 38.5 Å². The highest BCUT2D eigenvalue weighted by Gasteiger charge is 2.37. The van der Waals surface area contributed by atoms with Gasteiger partial charge in [-0.15, -0.1) is 0 Å². The normalized spacial score (nSPS) is 14.8. The fourth-order valence-electron chi connectivity index (χ4n) is 9.71. The van der Waals surface area contributed by atoms with Crippen LogP contribution >= 0.6 is 0 Å². The van der Waals surface area contributed by atoms with Crippen molar-refractivity contribution >= 4 is 43.1 Å². The molecule has 0 saturated carbocycles. The smallest absolute Gasteiger partial charge is 0.0159 e. The Morgan fingerprint density at radius 3 is 1.37 bits per heavy atom. The van der Waals surface area contributed by atoms with E-state index in [0.29, 0.717) is 0 Å². The van der Waals surface area contributed by atoms with Gasteiger partial charge in [0.05, 0.1) is 0 Å². The summed E-state index contributed by atoms with van der Waals surface area (Å²) in [5.74, 6) is 0. The van der Waals surface area contributed by atoms with Gasteiger partial charge in [-0.2, -0.15) is 0 Å². The van der Waals surface area contributed by atoms with Crippen LogP contribution in [0.2, 0.25) is 0 Å². The molecule has 0 nitrogen and oxygen atoms in total. The molecule has 0 saturated heterocycles. The molecule has 0 N–H and O–H groups in total. The Bertz CT molecular complexity index is 3010. The Morgan fingerprint density at radius 1 is 0.269 bits per heavy atom. The van der Waals surface area contributed by atoms with Crippen molar-refractivity contribution in [2.24, 2.45) is 0 Å². The van der Waals surface area contributed by atoms with Gasteiger partial charge in [-0.25, -0.2) is 0 Å². The molecule has 2 aliphatic carbocycles. The molecule has 0 spiro atoms. The third-order valence-corrected chi connectivity index (χ3v) is 12.6. The lowest BCUT2D eigenvalue weighted by atomic mass is 9.80. The van der Waals surface area contributed by atoms with Crippen LogP contribution in [-0.4, -0.2) is 0 Å². The maximum atomic E-state index is 2.48. The topological polar surface area (TPSA) is 0 Å². The van der Waals surface area contributed by atoms with E-state index in [1.54, 1.807) is 0 Å². The van der Waals surface area contributed by atoms with Crippen LogP contribution in [0.15, 0.2) is 158 Å². The molecule has 0 amide bonds. The number of hydrogen-bond acceptors (Lipinski definition) is 0. The van der Waals surface area contributed by atoms with E-state index >= 15 is 0 Å². The molecule has 52 heavy (non-hydrogen) atoms. The summed E-state index contributed by atoms with van der Waals surface area (Å²) < 4.78 is 0. The van der Waals surface area contributed by atoms with Gasteiger partial charge in [0.15, 0.2) is 0 Å². The minimum atomic E-state index is -0.120. The third-order valence-electron chi connectivity index (χ3n) is 12.6. The predicted octanol–water partition coefficient (Wildman–Crippen LogP) is 14.2. The highest BCUT2D eigenvalue weighted by atomic mass is 14.4. The van der Waals surface area contributed by atoms with Crippen molar-refractivity contribution in [3.63, 3.8) is 0 Å². The van der Waals surface area contributed by atoms with E-state index in [2.05, 4.69) is 185 Å². The first-order valence-electron chi connectivity index (χ1n) is 18.6. The molecule has 0 aromatic heterocycles. The van der Waals surface area contributed by atoms with Gasteiger partial charge < -0.3 is 0 Å². The summed E-state index contributed by atoms with van der Waals surface area (Å²) in [7, 11) is 0. The first-order chi connectivity index (χ1) is 25.3. The zero-order valence-corrected chi connectivity index (χ0v) is 30.0. The van der Waals surface area contributed by atoms with Crippen LogP contribution in [0.1, 0.15) is 49.9 Å². The number of benzene rings is 9. The Morgan fingerprint density at radius 2 is 0.692 bits per heavy atom. The zero-order chi connectivity index (χ0) is 34.9. The molecular formula is C52H38. The lowest BCUT2D eigenvalue weighted by Gasteiger charge is -2.23. The monoisotopic (exact) mass is 662 g/mol. The quantitative estimate of drug-likeness (QED) is 0.162. The van der Waals surface area contributed by atoms with Crippen molar-refractivity contribution in [1.82, 2.24) is 0 Å². The molecule has 246 valence electrons. The van der Waals surface area contributed by atoms with E-state index < -0.39 is 0 Å². The standard InChI is InChI=1S/C52H38/c1-51(2)47-12-8-7-11-40(47)46-27-38-20-17-33-16-19-35(26-44(33)45(38)30-50(46)51)37-22-24-42-41-23-21-36(28-48(41)52(3,4)49(42)29-37)34-18-15-32-14-13-31-9-5-6-10-39(31)43(32)25-34/h5-30H,1-4H3. The Labute approximate surface area is 305 Å². The van der Waals surface area contributed by atoms with Crippen LogP contribution in [0.5, 0.6) is 0 Å². The van der Waals surface area contributed by atoms with Gasteiger partial charge in [0.1, 0.15) is 0 Å². The molecule has 0 aliphatic heterocycles. The SMILES string of the molecule is CC1(C)c2cc(-c3ccc4ccc5ccccc5c4c3)ccc2-c2ccc(-c3ccc4ccc5cc6c(cc5c4c3)C(C)(C)c3ccccc3-6)cc21. The number of rotatable bonds is 2. The Balaban J connectivity index is 1.00. The van der Waals surface area contributed by atoms with E-state index in [1.807, 2.05) is 0 Å². The molecule has 0 fully saturated rings. The summed E-state index contributed by atoms with van der Waals surface area (Å²) in [6.45, 7) is 9.54. The average molecular weight is 663 g/mol. The lowest BCUT2D eigenvalue weighted by Crippen LogP contribution is -2.15. The second-order valence-electron chi connectivity index (χ2n) is 16.2. The van der Waals surface area contributed by atoms with Crippen LogP contribution in [0.25, 0.3) is 87.6 Å². The Hall–Kier alpha value is -5.98. The fraction of sp³-hybridized carbons (Fsp3) is 0.115. The van der Waals surface area contributed by atoms with Gasteiger partial charge >= 0.3 is 0 Å². The molecule has 0 heterocycles. The van der Waals surface area contributed by atoms with E-state index in [0.717, 1.165) is 0 Å². The van der Waals surface area contributed by atoms with Crippen molar-refractivity contribution < 1.29 is 0 Å². The molecule has 2 aliphatic rings. The third kappa shape index (κ3) is 4.04. The second kappa shape index (κ2) is 10.3. The highest BCUT2D eigenvalue weighted by molar-refractivity contribution is 6.11. The van der Waals surface area contributed by atoms with Gasteiger partial charge in [0.25, 0.3) is 0 Å². The van der Waals surface area contributed by atoms with Gasteiger partial charge in [-0.1, -0.05) is 149 Å². The summed E-state index contributed by atoms with van der Waals surface area (Å²) >= 11 is 0. The van der Waals surface area contributed by atoms with Crippen molar-refractivity contribution in [3.8, 4) is 44.5 Å². The Kier molecular flexibility index (Phi) is 5.89. The molecule has 0 atom stereocenters. The van der Waals surface area contributed by atoms with Gasteiger partial charge in [-0.3, -0.25) is 0 Å².